The van der Waals surface area contributed by atoms with Gasteiger partial charge in [0.25, 0.3) is 0 Å². The molecule has 0 aliphatic heterocycles. The van der Waals surface area contributed by atoms with Crippen LogP contribution in [-0.2, 0) is 4.79 Å². The minimum absolute atomic E-state index is 0.0443. The summed E-state index contributed by atoms with van der Waals surface area (Å²) in [5, 5.41) is 13.7. The molecule has 5 nitrogen and oxygen atoms in total. The number of carbonyl (C=O) groups excluding carboxylic acids is 1. The standard InChI is InChI=1S/C12H10N2O3S2/c1-7-10(12(16)17)11(19-14-7)13-9(15)5-4-8-3-2-6-18-8/h2-6H,1H3,(H,13,15)(H,16,17)/b5-4+. The fourth-order valence-electron chi connectivity index (χ4n) is 1.40. The van der Waals surface area contributed by atoms with Crippen molar-refractivity contribution in [3.63, 3.8) is 0 Å². The lowest BCUT2D eigenvalue weighted by atomic mass is 10.2. The summed E-state index contributed by atoms with van der Waals surface area (Å²) < 4.78 is 3.92. The minimum atomic E-state index is -1.09. The first-order valence-electron chi connectivity index (χ1n) is 5.30. The molecular formula is C12H10N2O3S2. The highest BCUT2D eigenvalue weighted by Gasteiger charge is 2.18. The Bertz CT molecular complexity index is 629. The maximum atomic E-state index is 11.7. The van der Waals surface area contributed by atoms with Crippen molar-refractivity contribution in [1.29, 1.82) is 0 Å². The third kappa shape index (κ3) is 3.27. The molecule has 0 saturated heterocycles. The Morgan fingerprint density at radius 2 is 2.26 bits per heavy atom. The van der Waals surface area contributed by atoms with Gasteiger partial charge in [0.2, 0.25) is 5.91 Å². The number of nitrogens with one attached hydrogen (secondary N) is 1. The molecule has 0 aliphatic carbocycles. The van der Waals surface area contributed by atoms with Gasteiger partial charge in [-0.2, -0.15) is 4.37 Å². The smallest absolute Gasteiger partial charge is 0.340 e. The zero-order valence-electron chi connectivity index (χ0n) is 9.91. The SMILES string of the molecule is Cc1nsc(NC(=O)/C=C/c2cccs2)c1C(=O)O. The van der Waals surface area contributed by atoms with Gasteiger partial charge in [0, 0.05) is 11.0 Å². The third-order valence-electron chi connectivity index (χ3n) is 2.26. The lowest BCUT2D eigenvalue weighted by Gasteiger charge is -1.99. The van der Waals surface area contributed by atoms with E-state index < -0.39 is 5.97 Å². The first kappa shape index (κ1) is 13.4. The predicted octanol–water partition coefficient (Wildman–Crippen LogP) is 2.86. The van der Waals surface area contributed by atoms with E-state index in [9.17, 15) is 9.59 Å². The van der Waals surface area contributed by atoms with Crippen molar-refractivity contribution in [2.45, 2.75) is 6.92 Å². The van der Waals surface area contributed by atoms with Crippen LogP contribution in [0.15, 0.2) is 23.6 Å². The van der Waals surface area contributed by atoms with Crippen molar-refractivity contribution in [3.8, 4) is 0 Å². The van der Waals surface area contributed by atoms with Gasteiger partial charge < -0.3 is 10.4 Å². The Balaban J connectivity index is 2.09. The molecule has 2 N–H and O–H groups in total. The number of thiophene rings is 1. The van der Waals surface area contributed by atoms with Gasteiger partial charge in [-0.25, -0.2) is 4.79 Å². The number of hydrogen-bond acceptors (Lipinski definition) is 5. The van der Waals surface area contributed by atoms with E-state index in [2.05, 4.69) is 9.69 Å². The monoisotopic (exact) mass is 294 g/mol. The Kier molecular flexibility index (Phi) is 4.08. The highest BCUT2D eigenvalue weighted by Crippen LogP contribution is 2.24. The topological polar surface area (TPSA) is 79.3 Å². The summed E-state index contributed by atoms with van der Waals surface area (Å²) in [7, 11) is 0. The Morgan fingerprint density at radius 1 is 1.47 bits per heavy atom. The molecule has 2 aromatic rings. The minimum Gasteiger partial charge on any atom is -0.478 e. The third-order valence-corrected chi connectivity index (χ3v) is 3.95. The van der Waals surface area contributed by atoms with Crippen molar-refractivity contribution >= 4 is 45.8 Å². The second-order valence-corrected chi connectivity index (χ2v) is 5.37. The number of hydrogen-bond donors (Lipinski definition) is 2. The Labute approximate surface area is 117 Å². The van der Waals surface area contributed by atoms with Crippen molar-refractivity contribution in [2.75, 3.05) is 5.32 Å². The number of aromatic carboxylic acids is 1. The summed E-state index contributed by atoms with van der Waals surface area (Å²) in [6.45, 7) is 1.59. The van der Waals surface area contributed by atoms with Gasteiger partial charge in [0.15, 0.2) is 0 Å². The molecule has 1 amide bonds. The van der Waals surface area contributed by atoms with Crippen molar-refractivity contribution < 1.29 is 14.7 Å². The van der Waals surface area contributed by atoms with E-state index in [0.29, 0.717) is 5.69 Å². The van der Waals surface area contributed by atoms with Crippen LogP contribution in [0.1, 0.15) is 20.9 Å². The van der Waals surface area contributed by atoms with Crippen LogP contribution in [0.4, 0.5) is 5.00 Å². The zero-order valence-corrected chi connectivity index (χ0v) is 11.5. The van der Waals surface area contributed by atoms with Gasteiger partial charge in [-0.05, 0) is 36.0 Å². The highest BCUT2D eigenvalue weighted by atomic mass is 32.1. The number of nitrogens with zero attached hydrogens (tertiary/aromatic N) is 1. The first-order valence-corrected chi connectivity index (χ1v) is 6.95. The van der Waals surface area contributed by atoms with E-state index in [0.717, 1.165) is 16.4 Å². The van der Waals surface area contributed by atoms with Crippen LogP contribution in [0.3, 0.4) is 0 Å². The summed E-state index contributed by atoms with van der Waals surface area (Å²) in [6.07, 6.45) is 3.04. The molecule has 0 radical (unpaired) electrons. The number of carboxylic acids is 1. The van der Waals surface area contributed by atoms with Gasteiger partial charge in [-0.15, -0.1) is 11.3 Å². The molecule has 0 bridgehead atoms. The van der Waals surface area contributed by atoms with Crippen LogP contribution >= 0.6 is 22.9 Å². The molecule has 0 fully saturated rings. The predicted molar refractivity (Wildman–Crippen MR) is 75.8 cm³/mol. The van der Waals surface area contributed by atoms with E-state index in [1.807, 2.05) is 17.5 Å². The van der Waals surface area contributed by atoms with Gasteiger partial charge in [0.05, 0.1) is 5.69 Å². The highest BCUT2D eigenvalue weighted by molar-refractivity contribution is 7.11. The van der Waals surface area contributed by atoms with Gasteiger partial charge >= 0.3 is 5.97 Å². The van der Waals surface area contributed by atoms with Crippen LogP contribution in [0.5, 0.6) is 0 Å². The number of carbonyl (C=O) groups is 2. The maximum absolute atomic E-state index is 11.7. The molecule has 0 aromatic carbocycles. The van der Waals surface area contributed by atoms with E-state index in [1.165, 1.54) is 17.4 Å². The molecule has 2 aromatic heterocycles. The zero-order chi connectivity index (χ0) is 13.8. The average Bonchev–Trinajstić information content (AvgIpc) is 2.96. The maximum Gasteiger partial charge on any atom is 0.340 e. The number of rotatable bonds is 4. The summed E-state index contributed by atoms with van der Waals surface area (Å²) in [5.74, 6) is -1.47. The number of carboxylic acid groups (broad SMARTS) is 1. The van der Waals surface area contributed by atoms with Crippen LogP contribution in [0.2, 0.25) is 0 Å². The van der Waals surface area contributed by atoms with Gasteiger partial charge in [0.1, 0.15) is 10.6 Å². The quantitative estimate of drug-likeness (QED) is 0.850. The lowest BCUT2D eigenvalue weighted by Crippen LogP contribution is -2.10. The van der Waals surface area contributed by atoms with Crippen molar-refractivity contribution in [1.82, 2.24) is 4.37 Å². The second kappa shape index (κ2) is 5.77. The molecule has 0 spiro atoms. The molecule has 7 heteroatoms. The average molecular weight is 294 g/mol. The second-order valence-electron chi connectivity index (χ2n) is 3.62. The number of anilines is 1. The van der Waals surface area contributed by atoms with E-state index in [-0.39, 0.29) is 16.5 Å². The van der Waals surface area contributed by atoms with E-state index in [4.69, 9.17) is 5.11 Å². The Hall–Kier alpha value is -1.99. The van der Waals surface area contributed by atoms with Crippen LogP contribution in [0, 0.1) is 6.92 Å². The fraction of sp³-hybridized carbons (Fsp3) is 0.0833. The molecule has 98 valence electrons. The number of amides is 1. The first-order chi connectivity index (χ1) is 9.08. The summed E-state index contributed by atoms with van der Waals surface area (Å²) in [6, 6.07) is 3.77. The van der Waals surface area contributed by atoms with Crippen LogP contribution in [0.25, 0.3) is 6.08 Å². The molecule has 2 rings (SSSR count). The summed E-state index contributed by atoms with van der Waals surface area (Å²) >= 11 is 2.47. The lowest BCUT2D eigenvalue weighted by molar-refractivity contribution is -0.111. The largest absolute Gasteiger partial charge is 0.478 e. The van der Waals surface area contributed by atoms with Gasteiger partial charge in [-0.1, -0.05) is 6.07 Å². The number of aryl methyl sites for hydroxylation is 1. The molecule has 2 heterocycles. The van der Waals surface area contributed by atoms with E-state index in [1.54, 1.807) is 13.0 Å². The fourth-order valence-corrected chi connectivity index (χ4v) is 2.81. The molecule has 0 atom stereocenters. The van der Waals surface area contributed by atoms with Crippen LogP contribution < -0.4 is 5.32 Å². The molecule has 0 aliphatic rings. The van der Waals surface area contributed by atoms with Gasteiger partial charge in [-0.3, -0.25) is 4.79 Å². The number of aromatic nitrogens is 1. The van der Waals surface area contributed by atoms with Crippen LogP contribution in [-0.4, -0.2) is 21.4 Å². The molecule has 0 saturated carbocycles. The van der Waals surface area contributed by atoms with E-state index >= 15 is 0 Å². The molecular weight excluding hydrogens is 284 g/mol. The normalized spacial score (nSPS) is 10.8. The van der Waals surface area contributed by atoms with Crippen molar-refractivity contribution in [3.05, 3.63) is 39.7 Å². The summed E-state index contributed by atoms with van der Waals surface area (Å²) in [4.78, 5) is 23.7. The summed E-state index contributed by atoms with van der Waals surface area (Å²) in [5.41, 5.74) is 0.443. The van der Waals surface area contributed by atoms with Crippen molar-refractivity contribution in [2.24, 2.45) is 0 Å². The molecule has 19 heavy (non-hydrogen) atoms. The molecule has 0 unspecified atom stereocenters. The Morgan fingerprint density at radius 3 is 2.89 bits per heavy atom.